The molecule has 0 spiro atoms. The van der Waals surface area contributed by atoms with Crippen LogP contribution in [0.3, 0.4) is 0 Å². The van der Waals surface area contributed by atoms with E-state index < -0.39 is 40.0 Å². The first kappa shape index (κ1) is 16.7. The summed E-state index contributed by atoms with van der Waals surface area (Å²) < 4.78 is 75.2. The summed E-state index contributed by atoms with van der Waals surface area (Å²) in [6.45, 7) is 0.407. The van der Waals surface area contributed by atoms with Gasteiger partial charge in [-0.05, 0) is 19.1 Å². The van der Waals surface area contributed by atoms with Crippen molar-refractivity contribution in [2.45, 2.75) is 24.9 Å². The number of hydrogen-bond donors (Lipinski definition) is 1. The van der Waals surface area contributed by atoms with Crippen LogP contribution in [0, 0.1) is 12.7 Å². The van der Waals surface area contributed by atoms with Crippen LogP contribution < -0.4 is 5.73 Å². The summed E-state index contributed by atoms with van der Waals surface area (Å²) in [7, 11) is -4.47. The van der Waals surface area contributed by atoms with Crippen LogP contribution in [-0.2, 0) is 10.0 Å². The van der Waals surface area contributed by atoms with Crippen molar-refractivity contribution in [3.05, 3.63) is 23.5 Å². The van der Waals surface area contributed by atoms with Crippen molar-refractivity contribution in [2.75, 3.05) is 18.8 Å². The van der Waals surface area contributed by atoms with E-state index in [1.54, 1.807) is 0 Å². The number of nitrogens with two attached hydrogens (primary N) is 1. The Balaban J connectivity index is 3.35. The van der Waals surface area contributed by atoms with E-state index in [-0.39, 0.29) is 15.6 Å². The molecule has 20 heavy (non-hydrogen) atoms. The molecule has 1 aromatic carbocycles. The quantitative estimate of drug-likeness (QED) is 0.685. The number of benzene rings is 1. The lowest BCUT2D eigenvalue weighted by molar-refractivity contribution is -0.135. The molecule has 114 valence electrons. The van der Waals surface area contributed by atoms with E-state index in [4.69, 9.17) is 5.73 Å². The molecule has 0 bridgehead atoms. The molecule has 0 fully saturated rings. The summed E-state index contributed by atoms with van der Waals surface area (Å²) in [5, 5.41) is 0. The molecule has 0 aliphatic heterocycles. The van der Waals surface area contributed by atoms with Crippen molar-refractivity contribution in [3.8, 4) is 0 Å². The van der Waals surface area contributed by atoms with Gasteiger partial charge >= 0.3 is 6.18 Å². The van der Waals surface area contributed by atoms with Crippen molar-refractivity contribution in [1.29, 1.82) is 0 Å². The molecule has 1 rings (SSSR count). The van der Waals surface area contributed by atoms with Crippen molar-refractivity contribution < 1.29 is 26.0 Å². The highest BCUT2D eigenvalue weighted by molar-refractivity contribution is 7.89. The Morgan fingerprint density at radius 1 is 1.30 bits per heavy atom. The van der Waals surface area contributed by atoms with Crippen molar-refractivity contribution in [1.82, 2.24) is 4.31 Å². The molecule has 0 aliphatic rings. The van der Waals surface area contributed by atoms with Gasteiger partial charge in [-0.25, -0.2) is 12.8 Å². The van der Waals surface area contributed by atoms with E-state index in [2.05, 4.69) is 0 Å². The van der Waals surface area contributed by atoms with Crippen LogP contribution >= 0.6 is 0 Å². The summed E-state index contributed by atoms with van der Waals surface area (Å²) in [6, 6.07) is 1.86. The number of alkyl halides is 3. The monoisotopic (exact) mass is 314 g/mol. The third kappa shape index (κ3) is 3.60. The Bertz CT molecular complexity index is 599. The first-order chi connectivity index (χ1) is 8.99. The Hall–Kier alpha value is -1.35. The minimum atomic E-state index is -4.68. The number of sulfonamides is 1. The predicted octanol–water partition coefficient (Wildman–Crippen LogP) is 2.29. The molecule has 0 amide bonds. The van der Waals surface area contributed by atoms with Crippen LogP contribution in [-0.4, -0.2) is 32.0 Å². The molecular formula is C11H14F4N2O2S. The van der Waals surface area contributed by atoms with Gasteiger partial charge in [-0.15, -0.1) is 0 Å². The van der Waals surface area contributed by atoms with Gasteiger partial charge in [-0.3, -0.25) is 0 Å². The summed E-state index contributed by atoms with van der Waals surface area (Å²) in [5.74, 6) is -0.883. The maximum absolute atomic E-state index is 13.5. The molecule has 2 N–H and O–H groups in total. The summed E-state index contributed by atoms with van der Waals surface area (Å²) >= 11 is 0. The lowest BCUT2D eigenvalue weighted by Crippen LogP contribution is -2.39. The second-order valence-electron chi connectivity index (χ2n) is 4.17. The molecule has 0 atom stereocenters. The largest absolute Gasteiger partial charge is 0.402 e. The third-order valence-electron chi connectivity index (χ3n) is 2.65. The van der Waals surface area contributed by atoms with Crippen molar-refractivity contribution in [3.63, 3.8) is 0 Å². The molecule has 0 aliphatic carbocycles. The molecular weight excluding hydrogens is 300 g/mol. The minimum Gasteiger partial charge on any atom is -0.399 e. The van der Waals surface area contributed by atoms with Crippen molar-refractivity contribution in [2.24, 2.45) is 0 Å². The molecule has 0 unspecified atom stereocenters. The van der Waals surface area contributed by atoms with Crippen LogP contribution in [0.5, 0.6) is 0 Å². The highest BCUT2D eigenvalue weighted by atomic mass is 32.2. The molecule has 0 saturated carbocycles. The standard InChI is InChI=1S/C11H14F4N2O2S/c1-3-17(6-11(13,14)15)20(18,19)10-5-8(16)4-9(12)7(10)2/h4-5H,3,6,16H2,1-2H3. The molecule has 9 heteroatoms. The molecule has 0 heterocycles. The van der Waals surface area contributed by atoms with Gasteiger partial charge in [0, 0.05) is 17.8 Å². The average molecular weight is 314 g/mol. The highest BCUT2D eigenvalue weighted by Crippen LogP contribution is 2.27. The number of halogens is 4. The molecule has 0 aromatic heterocycles. The Morgan fingerprint density at radius 2 is 1.85 bits per heavy atom. The van der Waals surface area contributed by atoms with E-state index in [1.165, 1.54) is 13.8 Å². The number of anilines is 1. The van der Waals surface area contributed by atoms with Crippen LogP contribution in [0.4, 0.5) is 23.2 Å². The maximum Gasteiger partial charge on any atom is 0.402 e. The van der Waals surface area contributed by atoms with E-state index in [0.29, 0.717) is 0 Å². The molecule has 0 radical (unpaired) electrons. The fourth-order valence-corrected chi connectivity index (χ4v) is 3.35. The average Bonchev–Trinajstić information content (AvgIpc) is 2.29. The van der Waals surface area contributed by atoms with E-state index in [9.17, 15) is 26.0 Å². The molecule has 1 aromatic rings. The van der Waals surface area contributed by atoms with Crippen LogP contribution in [0.15, 0.2) is 17.0 Å². The predicted molar refractivity (Wildman–Crippen MR) is 66.0 cm³/mol. The zero-order chi connectivity index (χ0) is 15.7. The van der Waals surface area contributed by atoms with Crippen LogP contribution in [0.2, 0.25) is 0 Å². The summed E-state index contributed by atoms with van der Waals surface area (Å²) in [4.78, 5) is -0.555. The van der Waals surface area contributed by atoms with Gasteiger partial charge in [0.2, 0.25) is 10.0 Å². The summed E-state index contributed by atoms with van der Waals surface area (Å²) in [5.41, 5.74) is 4.91. The SMILES string of the molecule is CCN(CC(F)(F)F)S(=O)(=O)c1cc(N)cc(F)c1C. The second kappa shape index (κ2) is 5.57. The van der Waals surface area contributed by atoms with Gasteiger partial charge in [0.1, 0.15) is 12.4 Å². The number of rotatable bonds is 4. The Morgan fingerprint density at radius 3 is 2.30 bits per heavy atom. The van der Waals surface area contributed by atoms with Gasteiger partial charge < -0.3 is 5.73 Å². The minimum absolute atomic E-state index is 0.172. The van der Waals surface area contributed by atoms with Gasteiger partial charge in [0.15, 0.2) is 0 Å². The lowest BCUT2D eigenvalue weighted by atomic mass is 10.2. The first-order valence-corrected chi connectivity index (χ1v) is 7.05. The van der Waals surface area contributed by atoms with Crippen LogP contribution in [0.1, 0.15) is 12.5 Å². The summed E-state index contributed by atoms with van der Waals surface area (Å²) in [6.07, 6.45) is -4.68. The fourth-order valence-electron chi connectivity index (χ4n) is 1.65. The third-order valence-corrected chi connectivity index (χ3v) is 4.69. The topological polar surface area (TPSA) is 63.4 Å². The first-order valence-electron chi connectivity index (χ1n) is 5.61. The van der Waals surface area contributed by atoms with E-state index in [1.807, 2.05) is 0 Å². The fraction of sp³-hybridized carbons (Fsp3) is 0.455. The van der Waals surface area contributed by atoms with Gasteiger partial charge in [0.05, 0.1) is 4.90 Å². The molecule has 4 nitrogen and oxygen atoms in total. The zero-order valence-corrected chi connectivity index (χ0v) is 11.6. The Labute approximate surface area is 114 Å². The van der Waals surface area contributed by atoms with Gasteiger partial charge in [-0.1, -0.05) is 6.92 Å². The van der Waals surface area contributed by atoms with Crippen LogP contribution in [0.25, 0.3) is 0 Å². The smallest absolute Gasteiger partial charge is 0.399 e. The van der Waals surface area contributed by atoms with Gasteiger partial charge in [0.25, 0.3) is 0 Å². The zero-order valence-electron chi connectivity index (χ0n) is 10.8. The van der Waals surface area contributed by atoms with Crippen molar-refractivity contribution >= 4 is 15.7 Å². The normalized spacial score (nSPS) is 12.9. The number of hydrogen-bond acceptors (Lipinski definition) is 3. The number of nitrogens with zero attached hydrogens (tertiary/aromatic N) is 1. The van der Waals surface area contributed by atoms with E-state index in [0.717, 1.165) is 12.1 Å². The highest BCUT2D eigenvalue weighted by Gasteiger charge is 2.37. The maximum atomic E-state index is 13.5. The second-order valence-corrected chi connectivity index (χ2v) is 6.08. The molecule has 0 saturated heterocycles. The van der Waals surface area contributed by atoms with E-state index >= 15 is 0 Å². The Kier molecular flexibility index (Phi) is 4.65. The number of nitrogen functional groups attached to an aromatic ring is 1. The van der Waals surface area contributed by atoms with Gasteiger partial charge in [-0.2, -0.15) is 17.5 Å². The lowest BCUT2D eigenvalue weighted by Gasteiger charge is -2.23.